The van der Waals surface area contributed by atoms with Crippen LogP contribution in [0.2, 0.25) is 0 Å². The molecule has 5 atom stereocenters. The number of benzene rings is 2. The minimum absolute atomic E-state index is 0.275. The summed E-state index contributed by atoms with van der Waals surface area (Å²) in [5, 5.41) is 0. The average Bonchev–Trinajstić information content (AvgIpc) is 2.81. The zero-order valence-electron chi connectivity index (χ0n) is 19.8. The average molecular weight is 469 g/mol. The summed E-state index contributed by atoms with van der Waals surface area (Å²) in [7, 11) is 1.40. The van der Waals surface area contributed by atoms with E-state index >= 15 is 0 Å². The molecule has 0 aliphatic carbocycles. The molecule has 1 fully saturated rings. The van der Waals surface area contributed by atoms with E-state index in [9.17, 15) is 14.4 Å². The third-order valence-corrected chi connectivity index (χ3v) is 5.89. The van der Waals surface area contributed by atoms with Gasteiger partial charge in [0.25, 0.3) is 0 Å². The van der Waals surface area contributed by atoms with Crippen molar-refractivity contribution >= 4 is 17.9 Å². The van der Waals surface area contributed by atoms with Crippen LogP contribution in [-0.2, 0) is 28.5 Å². The maximum absolute atomic E-state index is 13.4. The lowest BCUT2D eigenvalue weighted by Crippen LogP contribution is -2.61. The van der Waals surface area contributed by atoms with Crippen molar-refractivity contribution in [1.29, 1.82) is 0 Å². The van der Waals surface area contributed by atoms with Crippen LogP contribution in [-0.4, -0.2) is 55.7 Å². The maximum Gasteiger partial charge on any atom is 0.339 e. The summed E-state index contributed by atoms with van der Waals surface area (Å²) in [6, 6.07) is 13.7. The van der Waals surface area contributed by atoms with Gasteiger partial charge in [0.05, 0.1) is 22.6 Å². The van der Waals surface area contributed by atoms with Crippen molar-refractivity contribution in [3.05, 3.63) is 59.7 Å². The zero-order chi connectivity index (χ0) is 24.6. The summed E-state index contributed by atoms with van der Waals surface area (Å²) < 4.78 is 28.8. The van der Waals surface area contributed by atoms with Gasteiger partial charge in [-0.2, -0.15) is 0 Å². The number of methoxy groups -OCH3 is 1. The third kappa shape index (κ3) is 4.43. The van der Waals surface area contributed by atoms with Crippen molar-refractivity contribution in [2.75, 3.05) is 7.11 Å². The molecule has 0 radical (unpaired) electrons. The van der Waals surface area contributed by atoms with E-state index in [2.05, 4.69) is 0 Å². The number of rotatable bonds is 2. The normalized spacial score (nSPS) is 26.8. The zero-order valence-corrected chi connectivity index (χ0v) is 19.8. The van der Waals surface area contributed by atoms with E-state index in [1.54, 1.807) is 76.2 Å². The quantitative estimate of drug-likeness (QED) is 0.485. The van der Waals surface area contributed by atoms with Gasteiger partial charge in [-0.05, 0) is 51.0 Å². The largest absolute Gasteiger partial charge is 0.455 e. The van der Waals surface area contributed by atoms with Gasteiger partial charge >= 0.3 is 17.9 Å². The number of hydrogen-bond donors (Lipinski definition) is 0. The van der Waals surface area contributed by atoms with Crippen LogP contribution < -0.4 is 0 Å². The Morgan fingerprint density at radius 2 is 1.29 bits per heavy atom. The molecule has 0 N–H and O–H groups in total. The van der Waals surface area contributed by atoms with Gasteiger partial charge in [0.2, 0.25) is 0 Å². The Kier molecular flexibility index (Phi) is 6.47. The van der Waals surface area contributed by atoms with Crippen molar-refractivity contribution in [3.63, 3.8) is 0 Å². The molecule has 2 heterocycles. The van der Waals surface area contributed by atoms with E-state index in [0.29, 0.717) is 11.1 Å². The summed E-state index contributed by atoms with van der Waals surface area (Å²) in [5.41, 5.74) is 0.811. The molecule has 8 heteroatoms. The van der Waals surface area contributed by atoms with Gasteiger partial charge in [0, 0.05) is 7.11 Å². The van der Waals surface area contributed by atoms with Crippen LogP contribution in [0.4, 0.5) is 0 Å². The monoisotopic (exact) mass is 468 g/mol. The molecule has 2 aromatic carbocycles. The van der Waals surface area contributed by atoms with E-state index in [4.69, 9.17) is 23.7 Å². The van der Waals surface area contributed by atoms with Gasteiger partial charge < -0.3 is 23.7 Å². The van der Waals surface area contributed by atoms with Gasteiger partial charge in [0.15, 0.2) is 24.6 Å². The molecule has 0 spiro atoms. The van der Waals surface area contributed by atoms with E-state index in [-0.39, 0.29) is 11.1 Å². The molecule has 180 valence electrons. The Labute approximate surface area is 198 Å². The van der Waals surface area contributed by atoms with E-state index < -0.39 is 54.0 Å². The molecule has 0 unspecified atom stereocenters. The minimum atomic E-state index is -1.17. The van der Waals surface area contributed by atoms with Gasteiger partial charge in [0.1, 0.15) is 0 Å². The van der Waals surface area contributed by atoms with E-state index in [1.807, 2.05) is 0 Å². The van der Waals surface area contributed by atoms with Gasteiger partial charge in [-0.25, -0.2) is 9.59 Å². The van der Waals surface area contributed by atoms with Crippen LogP contribution in [0.25, 0.3) is 11.1 Å². The molecule has 2 aliphatic rings. The molecule has 2 aliphatic heterocycles. The SMILES string of the molecule is CO[C@@H]1O[C@@H](C)[C@H](OC(=O)C(C)(C)C)[C@H]2OC(=O)c3ccccc3-c3ccccc3C(=O)O[C@@H]12. The molecule has 34 heavy (non-hydrogen) atoms. The Morgan fingerprint density at radius 1 is 0.824 bits per heavy atom. The number of carbonyl (C=O) groups excluding carboxylic acids is 3. The topological polar surface area (TPSA) is 97.4 Å². The molecular weight excluding hydrogens is 440 g/mol. The lowest BCUT2D eigenvalue weighted by Gasteiger charge is -2.44. The van der Waals surface area contributed by atoms with E-state index in [1.165, 1.54) is 7.11 Å². The highest BCUT2D eigenvalue weighted by molar-refractivity contribution is 6.03. The highest BCUT2D eigenvalue weighted by atomic mass is 16.7. The standard InChI is InChI=1S/C26H28O8/c1-14-19(34-25(29)26(2,3)4)20-21(24(30-5)31-14)33-23(28)18-13-9-7-11-16(18)15-10-6-8-12-17(15)22(27)32-20/h6-14,19-21,24H,1-5H3/t14-,19-,20+,21+,24+/m0/s1. The molecule has 4 rings (SSSR count). The first kappa shape index (κ1) is 23.9. The fraction of sp³-hybridized carbons (Fsp3) is 0.423. The summed E-state index contributed by atoms with van der Waals surface area (Å²) in [6.07, 6.45) is -5.09. The highest BCUT2D eigenvalue weighted by Crippen LogP contribution is 2.35. The van der Waals surface area contributed by atoms with Gasteiger partial charge in [-0.15, -0.1) is 0 Å². The number of hydrogen-bond acceptors (Lipinski definition) is 8. The predicted molar refractivity (Wildman–Crippen MR) is 121 cm³/mol. The summed E-state index contributed by atoms with van der Waals surface area (Å²) >= 11 is 0. The molecular formula is C26H28O8. The Bertz CT molecular complexity index is 1100. The van der Waals surface area contributed by atoms with Gasteiger partial charge in [-0.3, -0.25) is 4.79 Å². The summed E-state index contributed by atoms with van der Waals surface area (Å²) in [6.45, 7) is 6.82. The fourth-order valence-electron chi connectivity index (χ4n) is 4.05. The van der Waals surface area contributed by atoms with Gasteiger partial charge in [-0.1, -0.05) is 36.4 Å². The molecule has 0 amide bonds. The molecule has 2 aromatic rings. The maximum atomic E-state index is 13.4. The lowest BCUT2D eigenvalue weighted by molar-refractivity contribution is -0.288. The first-order chi connectivity index (χ1) is 16.1. The molecule has 0 bridgehead atoms. The molecule has 0 aromatic heterocycles. The number of ether oxygens (including phenoxy) is 5. The van der Waals surface area contributed by atoms with Crippen molar-refractivity contribution in [2.45, 2.75) is 58.4 Å². The highest BCUT2D eigenvalue weighted by Gasteiger charge is 2.52. The van der Waals surface area contributed by atoms with Crippen molar-refractivity contribution in [2.24, 2.45) is 5.41 Å². The fourth-order valence-corrected chi connectivity index (χ4v) is 4.05. The van der Waals surface area contributed by atoms with Crippen LogP contribution in [0.5, 0.6) is 0 Å². The van der Waals surface area contributed by atoms with Crippen LogP contribution in [0.3, 0.4) is 0 Å². The minimum Gasteiger partial charge on any atom is -0.455 e. The van der Waals surface area contributed by atoms with Crippen LogP contribution >= 0.6 is 0 Å². The number of esters is 3. The second-order valence-electron chi connectivity index (χ2n) is 9.40. The molecule has 0 saturated carbocycles. The molecule has 8 nitrogen and oxygen atoms in total. The Hall–Kier alpha value is -3.23. The van der Waals surface area contributed by atoms with Crippen molar-refractivity contribution < 1.29 is 38.1 Å². The molecule has 1 saturated heterocycles. The Morgan fingerprint density at radius 3 is 1.76 bits per heavy atom. The second-order valence-corrected chi connectivity index (χ2v) is 9.40. The number of fused-ring (bicyclic) bond motifs is 4. The first-order valence-corrected chi connectivity index (χ1v) is 11.1. The first-order valence-electron chi connectivity index (χ1n) is 11.1. The van der Waals surface area contributed by atoms with Crippen molar-refractivity contribution in [1.82, 2.24) is 0 Å². The van der Waals surface area contributed by atoms with Crippen LogP contribution in [0, 0.1) is 5.41 Å². The van der Waals surface area contributed by atoms with Crippen molar-refractivity contribution in [3.8, 4) is 11.1 Å². The number of carbonyl (C=O) groups is 3. The van der Waals surface area contributed by atoms with Crippen LogP contribution in [0.1, 0.15) is 48.4 Å². The smallest absolute Gasteiger partial charge is 0.339 e. The van der Waals surface area contributed by atoms with Crippen LogP contribution in [0.15, 0.2) is 48.5 Å². The summed E-state index contributed by atoms with van der Waals surface area (Å²) in [4.78, 5) is 39.5. The summed E-state index contributed by atoms with van der Waals surface area (Å²) in [5.74, 6) is -1.79. The second kappa shape index (κ2) is 9.19. The van der Waals surface area contributed by atoms with E-state index in [0.717, 1.165) is 0 Å². The third-order valence-electron chi connectivity index (χ3n) is 5.89. The predicted octanol–water partition coefficient (Wildman–Crippen LogP) is 3.77. The lowest BCUT2D eigenvalue weighted by atomic mass is 9.93. The Balaban J connectivity index is 1.83.